The van der Waals surface area contributed by atoms with Crippen LogP contribution in [0.5, 0.6) is 0 Å². The van der Waals surface area contributed by atoms with Crippen molar-refractivity contribution < 1.29 is 4.84 Å². The zero-order valence-corrected chi connectivity index (χ0v) is 7.13. The topological polar surface area (TPSA) is 12.5 Å². The summed E-state index contributed by atoms with van der Waals surface area (Å²) in [6.07, 6.45) is 1.24. The molecule has 1 aliphatic rings. The SMILES string of the molecule is CCC1CON(C(C)C)C1. The minimum Gasteiger partial charge on any atom is -0.298 e. The summed E-state index contributed by atoms with van der Waals surface area (Å²) in [6, 6.07) is 0.538. The molecule has 1 atom stereocenters. The van der Waals surface area contributed by atoms with Gasteiger partial charge in [0.1, 0.15) is 0 Å². The van der Waals surface area contributed by atoms with Crippen molar-refractivity contribution >= 4 is 0 Å². The van der Waals surface area contributed by atoms with Crippen LogP contribution in [-0.4, -0.2) is 24.3 Å². The second-order valence-electron chi connectivity index (χ2n) is 3.26. The van der Waals surface area contributed by atoms with E-state index in [1.165, 1.54) is 6.42 Å². The van der Waals surface area contributed by atoms with Gasteiger partial charge >= 0.3 is 0 Å². The minimum absolute atomic E-state index is 0.538. The van der Waals surface area contributed by atoms with Gasteiger partial charge in [-0.3, -0.25) is 4.84 Å². The molecule has 0 spiro atoms. The van der Waals surface area contributed by atoms with Crippen molar-refractivity contribution in [2.45, 2.75) is 33.2 Å². The van der Waals surface area contributed by atoms with Gasteiger partial charge in [0.25, 0.3) is 0 Å². The van der Waals surface area contributed by atoms with Crippen molar-refractivity contribution in [1.29, 1.82) is 0 Å². The van der Waals surface area contributed by atoms with Crippen LogP contribution in [0, 0.1) is 5.92 Å². The zero-order chi connectivity index (χ0) is 7.56. The summed E-state index contributed by atoms with van der Waals surface area (Å²) in [6.45, 7) is 8.59. The maximum absolute atomic E-state index is 5.45. The van der Waals surface area contributed by atoms with Crippen LogP contribution in [-0.2, 0) is 4.84 Å². The first kappa shape index (κ1) is 8.02. The van der Waals surface area contributed by atoms with Crippen molar-refractivity contribution in [2.75, 3.05) is 13.2 Å². The fraction of sp³-hybridized carbons (Fsp3) is 1.00. The first-order valence-corrected chi connectivity index (χ1v) is 4.13. The van der Waals surface area contributed by atoms with Crippen molar-refractivity contribution in [3.63, 3.8) is 0 Å². The van der Waals surface area contributed by atoms with E-state index < -0.39 is 0 Å². The molecule has 0 aromatic carbocycles. The van der Waals surface area contributed by atoms with E-state index in [9.17, 15) is 0 Å². The molecule has 0 aromatic rings. The summed E-state index contributed by atoms with van der Waals surface area (Å²) in [5.74, 6) is 0.766. The van der Waals surface area contributed by atoms with Gasteiger partial charge in [0.05, 0.1) is 6.61 Å². The highest BCUT2D eigenvalue weighted by Gasteiger charge is 2.23. The van der Waals surface area contributed by atoms with Crippen molar-refractivity contribution in [1.82, 2.24) is 5.06 Å². The minimum atomic E-state index is 0.538. The number of rotatable bonds is 2. The summed E-state index contributed by atoms with van der Waals surface area (Å²) >= 11 is 0. The first-order valence-electron chi connectivity index (χ1n) is 4.13. The van der Waals surface area contributed by atoms with Crippen LogP contribution in [0.1, 0.15) is 27.2 Å². The molecule has 1 rings (SSSR count). The van der Waals surface area contributed by atoms with Gasteiger partial charge in [-0.15, -0.1) is 0 Å². The van der Waals surface area contributed by atoms with Crippen LogP contribution < -0.4 is 0 Å². The average molecular weight is 143 g/mol. The van der Waals surface area contributed by atoms with E-state index in [-0.39, 0.29) is 0 Å². The summed E-state index contributed by atoms with van der Waals surface area (Å²) in [5.41, 5.74) is 0. The van der Waals surface area contributed by atoms with Gasteiger partial charge in [0.2, 0.25) is 0 Å². The Labute approximate surface area is 63.1 Å². The third-order valence-corrected chi connectivity index (χ3v) is 2.07. The van der Waals surface area contributed by atoms with Gasteiger partial charge in [-0.05, 0) is 26.2 Å². The maximum atomic E-state index is 5.45. The molecule has 0 N–H and O–H groups in total. The highest BCUT2D eigenvalue weighted by atomic mass is 16.7. The Hall–Kier alpha value is -0.0800. The Balaban J connectivity index is 2.28. The molecular weight excluding hydrogens is 126 g/mol. The smallest absolute Gasteiger partial charge is 0.0726 e. The van der Waals surface area contributed by atoms with E-state index in [0.717, 1.165) is 19.1 Å². The highest BCUT2D eigenvalue weighted by Crippen LogP contribution is 2.17. The first-order chi connectivity index (χ1) is 4.74. The molecule has 0 aliphatic carbocycles. The fourth-order valence-corrected chi connectivity index (χ4v) is 1.17. The maximum Gasteiger partial charge on any atom is 0.0726 e. The molecule has 1 saturated heterocycles. The standard InChI is InChI=1S/C8H17NO/c1-4-8-5-9(7(2)3)10-6-8/h7-8H,4-6H2,1-3H3. The Morgan fingerprint density at radius 1 is 1.60 bits per heavy atom. The second-order valence-corrected chi connectivity index (χ2v) is 3.26. The molecule has 10 heavy (non-hydrogen) atoms. The van der Waals surface area contributed by atoms with Gasteiger partial charge in [0.15, 0.2) is 0 Å². The second kappa shape index (κ2) is 3.35. The highest BCUT2D eigenvalue weighted by molar-refractivity contribution is 4.67. The molecule has 2 heteroatoms. The van der Waals surface area contributed by atoms with Crippen LogP contribution in [0.4, 0.5) is 0 Å². The molecule has 1 fully saturated rings. The molecule has 0 aromatic heterocycles. The molecule has 2 nitrogen and oxygen atoms in total. The van der Waals surface area contributed by atoms with E-state index >= 15 is 0 Å². The summed E-state index contributed by atoms with van der Waals surface area (Å²) in [5, 5.41) is 2.08. The molecule has 1 heterocycles. The molecule has 60 valence electrons. The number of hydroxylamine groups is 2. The van der Waals surface area contributed by atoms with Crippen LogP contribution in [0.2, 0.25) is 0 Å². The van der Waals surface area contributed by atoms with Gasteiger partial charge in [-0.25, -0.2) is 0 Å². The van der Waals surface area contributed by atoms with Gasteiger partial charge in [-0.1, -0.05) is 6.92 Å². The molecule has 0 radical (unpaired) electrons. The lowest BCUT2D eigenvalue weighted by Crippen LogP contribution is -2.26. The summed E-state index contributed by atoms with van der Waals surface area (Å²) in [4.78, 5) is 5.45. The predicted molar refractivity (Wildman–Crippen MR) is 41.6 cm³/mol. The van der Waals surface area contributed by atoms with Crippen molar-refractivity contribution in [3.05, 3.63) is 0 Å². The third-order valence-electron chi connectivity index (χ3n) is 2.07. The normalized spacial score (nSPS) is 28.2. The quantitative estimate of drug-likeness (QED) is 0.583. The Bertz CT molecular complexity index is 103. The summed E-state index contributed by atoms with van der Waals surface area (Å²) in [7, 11) is 0. The van der Waals surface area contributed by atoms with Crippen LogP contribution in [0.15, 0.2) is 0 Å². The van der Waals surface area contributed by atoms with Crippen LogP contribution in [0.3, 0.4) is 0 Å². The molecule has 0 saturated carbocycles. The van der Waals surface area contributed by atoms with E-state index in [2.05, 4.69) is 25.8 Å². The Morgan fingerprint density at radius 2 is 2.30 bits per heavy atom. The van der Waals surface area contributed by atoms with Gasteiger partial charge < -0.3 is 0 Å². The van der Waals surface area contributed by atoms with Crippen molar-refractivity contribution in [3.8, 4) is 0 Å². The molecule has 1 unspecified atom stereocenters. The summed E-state index contributed by atoms with van der Waals surface area (Å²) < 4.78 is 0. The van der Waals surface area contributed by atoms with E-state index in [1.54, 1.807) is 0 Å². The van der Waals surface area contributed by atoms with E-state index in [1.807, 2.05) is 0 Å². The third kappa shape index (κ3) is 1.70. The number of hydrogen-bond donors (Lipinski definition) is 0. The van der Waals surface area contributed by atoms with Gasteiger partial charge in [-0.2, -0.15) is 5.06 Å². The molecular formula is C8H17NO. The Kier molecular flexibility index (Phi) is 2.69. The lowest BCUT2D eigenvalue weighted by Gasteiger charge is -2.17. The monoisotopic (exact) mass is 143 g/mol. The number of hydrogen-bond acceptors (Lipinski definition) is 2. The van der Waals surface area contributed by atoms with Crippen molar-refractivity contribution in [2.24, 2.45) is 5.92 Å². The lowest BCUT2D eigenvalue weighted by molar-refractivity contribution is -0.132. The van der Waals surface area contributed by atoms with Crippen LogP contribution in [0.25, 0.3) is 0 Å². The fourth-order valence-electron chi connectivity index (χ4n) is 1.17. The zero-order valence-electron chi connectivity index (χ0n) is 7.13. The predicted octanol–water partition coefficient (Wildman–Crippen LogP) is 1.67. The van der Waals surface area contributed by atoms with Gasteiger partial charge in [0, 0.05) is 12.6 Å². The Morgan fingerprint density at radius 3 is 2.60 bits per heavy atom. The van der Waals surface area contributed by atoms with E-state index in [4.69, 9.17) is 4.84 Å². The molecule has 1 aliphatic heterocycles. The molecule has 0 amide bonds. The van der Waals surface area contributed by atoms with E-state index in [0.29, 0.717) is 6.04 Å². The van der Waals surface area contributed by atoms with Crippen LogP contribution >= 0.6 is 0 Å². The molecule has 0 bridgehead atoms. The largest absolute Gasteiger partial charge is 0.298 e. The lowest BCUT2D eigenvalue weighted by atomic mass is 10.1. The average Bonchev–Trinajstić information content (AvgIpc) is 2.34. The number of nitrogens with zero attached hydrogens (tertiary/aromatic N) is 1.